The molecule has 7 heteroatoms. The third-order valence-corrected chi connectivity index (χ3v) is 3.51. The van der Waals surface area contributed by atoms with Crippen molar-refractivity contribution in [3.63, 3.8) is 0 Å². The summed E-state index contributed by atoms with van der Waals surface area (Å²) in [6, 6.07) is 1.72. The van der Waals surface area contributed by atoms with Crippen LogP contribution in [0.1, 0.15) is 20.3 Å². The molecule has 1 fully saturated rings. The number of nitrogens with zero attached hydrogens (tertiary/aromatic N) is 4. The lowest BCUT2D eigenvalue weighted by molar-refractivity contribution is -0.132. The predicted octanol–water partition coefficient (Wildman–Crippen LogP) is 0.949. The van der Waals surface area contributed by atoms with E-state index in [0.29, 0.717) is 37.9 Å². The van der Waals surface area contributed by atoms with Gasteiger partial charge in [0.1, 0.15) is 0 Å². The molecule has 0 aliphatic carbocycles. The fraction of sp³-hybridized carbons (Fsp3) is 0.667. The molecule has 0 radical (unpaired) electrons. The molecule has 0 aromatic carbocycles. The third-order valence-electron chi connectivity index (χ3n) is 3.51. The molecule has 0 spiro atoms. The number of ether oxygens (including phenoxy) is 2. The molecule has 1 aromatic rings. The van der Waals surface area contributed by atoms with Crippen LogP contribution in [0.4, 0.5) is 5.95 Å². The molecule has 0 unspecified atom stereocenters. The molecular weight excluding hydrogens is 284 g/mol. The van der Waals surface area contributed by atoms with Crippen LogP contribution in [-0.4, -0.2) is 66.8 Å². The Bertz CT molecular complexity index is 487. The molecule has 2 heterocycles. The van der Waals surface area contributed by atoms with E-state index in [1.54, 1.807) is 19.4 Å². The van der Waals surface area contributed by atoms with Gasteiger partial charge in [0.05, 0.1) is 26.2 Å². The van der Waals surface area contributed by atoms with Crippen LogP contribution >= 0.6 is 0 Å². The van der Waals surface area contributed by atoms with Crippen LogP contribution in [0, 0.1) is 0 Å². The maximum absolute atomic E-state index is 12.1. The first kappa shape index (κ1) is 16.5. The molecule has 1 aliphatic rings. The normalized spacial score (nSPS) is 15.3. The van der Waals surface area contributed by atoms with Gasteiger partial charge in [-0.05, 0) is 13.8 Å². The van der Waals surface area contributed by atoms with Crippen molar-refractivity contribution in [2.24, 2.45) is 0 Å². The van der Waals surface area contributed by atoms with E-state index in [-0.39, 0.29) is 12.0 Å². The summed E-state index contributed by atoms with van der Waals surface area (Å²) in [6.45, 7) is 7.24. The van der Waals surface area contributed by atoms with Crippen LogP contribution in [-0.2, 0) is 9.53 Å². The maximum atomic E-state index is 12.1. The van der Waals surface area contributed by atoms with Gasteiger partial charge in [0.2, 0.25) is 17.7 Å². The molecule has 22 heavy (non-hydrogen) atoms. The highest BCUT2D eigenvalue weighted by molar-refractivity contribution is 5.76. The van der Waals surface area contributed by atoms with Gasteiger partial charge in [-0.15, -0.1) is 0 Å². The van der Waals surface area contributed by atoms with E-state index in [1.807, 2.05) is 18.7 Å². The minimum absolute atomic E-state index is 0.145. The first-order valence-electron chi connectivity index (χ1n) is 7.61. The van der Waals surface area contributed by atoms with Crippen LogP contribution in [0.25, 0.3) is 0 Å². The minimum atomic E-state index is 0.145. The molecule has 0 N–H and O–H groups in total. The van der Waals surface area contributed by atoms with Crippen LogP contribution in [0.2, 0.25) is 0 Å². The summed E-state index contributed by atoms with van der Waals surface area (Å²) in [4.78, 5) is 24.6. The molecule has 0 bridgehead atoms. The van der Waals surface area contributed by atoms with Crippen LogP contribution in [0.3, 0.4) is 0 Å². The van der Waals surface area contributed by atoms with E-state index in [0.717, 1.165) is 13.1 Å². The molecule has 2 rings (SSSR count). The van der Waals surface area contributed by atoms with Gasteiger partial charge in [0.15, 0.2) is 0 Å². The number of carbonyl (C=O) groups excluding carboxylic acids is 1. The fourth-order valence-electron chi connectivity index (χ4n) is 2.29. The second kappa shape index (κ2) is 7.93. The van der Waals surface area contributed by atoms with Crippen LogP contribution < -0.4 is 9.64 Å². The maximum Gasteiger partial charge on any atom is 0.228 e. The van der Waals surface area contributed by atoms with Gasteiger partial charge in [-0.2, -0.15) is 4.98 Å². The Morgan fingerprint density at radius 3 is 2.68 bits per heavy atom. The zero-order valence-corrected chi connectivity index (χ0v) is 13.5. The average molecular weight is 308 g/mol. The molecule has 1 aliphatic heterocycles. The minimum Gasteiger partial charge on any atom is -0.481 e. The summed E-state index contributed by atoms with van der Waals surface area (Å²) in [6.07, 6.45) is 2.28. The van der Waals surface area contributed by atoms with E-state index in [9.17, 15) is 4.79 Å². The quantitative estimate of drug-likeness (QED) is 0.779. The zero-order valence-electron chi connectivity index (χ0n) is 13.5. The van der Waals surface area contributed by atoms with E-state index >= 15 is 0 Å². The van der Waals surface area contributed by atoms with Crippen molar-refractivity contribution in [2.45, 2.75) is 26.4 Å². The number of amides is 1. The average Bonchev–Trinajstić information content (AvgIpc) is 2.54. The SMILES string of the molecule is COc1ccnc(N2CCN(C(=O)CCOC(C)C)CC2)n1. The number of hydrogen-bond acceptors (Lipinski definition) is 6. The number of carbonyl (C=O) groups is 1. The van der Waals surface area contributed by atoms with E-state index < -0.39 is 0 Å². The standard InChI is InChI=1S/C15H24N4O3/c1-12(2)22-11-5-14(20)18-7-9-19(10-8-18)15-16-6-4-13(17-15)21-3/h4,6,12H,5,7-11H2,1-3H3. The van der Waals surface area contributed by atoms with Gasteiger partial charge in [-0.3, -0.25) is 4.79 Å². The summed E-state index contributed by atoms with van der Waals surface area (Å²) in [7, 11) is 1.59. The van der Waals surface area contributed by atoms with Crippen molar-refractivity contribution in [1.29, 1.82) is 0 Å². The molecule has 0 saturated carbocycles. The summed E-state index contributed by atoms with van der Waals surface area (Å²) in [5.41, 5.74) is 0. The second-order valence-corrected chi connectivity index (χ2v) is 5.44. The monoisotopic (exact) mass is 308 g/mol. The Hall–Kier alpha value is -1.89. The van der Waals surface area contributed by atoms with E-state index in [1.165, 1.54) is 0 Å². The second-order valence-electron chi connectivity index (χ2n) is 5.44. The molecule has 0 atom stereocenters. The van der Waals surface area contributed by atoms with E-state index in [4.69, 9.17) is 9.47 Å². The molecule has 1 saturated heterocycles. The Labute approximate surface area is 131 Å². The van der Waals surface area contributed by atoms with Gasteiger partial charge in [0.25, 0.3) is 0 Å². The summed E-state index contributed by atoms with van der Waals surface area (Å²) < 4.78 is 10.5. The summed E-state index contributed by atoms with van der Waals surface area (Å²) in [5, 5.41) is 0. The van der Waals surface area contributed by atoms with Crippen molar-refractivity contribution >= 4 is 11.9 Å². The van der Waals surface area contributed by atoms with Gasteiger partial charge >= 0.3 is 0 Å². The predicted molar refractivity (Wildman–Crippen MR) is 83.1 cm³/mol. The molecule has 1 amide bonds. The highest BCUT2D eigenvalue weighted by Gasteiger charge is 2.22. The lowest BCUT2D eigenvalue weighted by atomic mass is 10.3. The molecular formula is C15H24N4O3. The van der Waals surface area contributed by atoms with Gasteiger partial charge in [0, 0.05) is 38.4 Å². The Kier molecular flexibility index (Phi) is 5.94. The fourth-order valence-corrected chi connectivity index (χ4v) is 2.29. The van der Waals surface area contributed by atoms with Gasteiger partial charge in [-0.25, -0.2) is 4.98 Å². The Morgan fingerprint density at radius 1 is 1.32 bits per heavy atom. The van der Waals surface area contributed by atoms with Crippen molar-refractivity contribution < 1.29 is 14.3 Å². The first-order chi connectivity index (χ1) is 10.6. The first-order valence-corrected chi connectivity index (χ1v) is 7.61. The Balaban J connectivity index is 1.81. The van der Waals surface area contributed by atoms with Crippen molar-refractivity contribution in [3.8, 4) is 5.88 Å². The summed E-state index contributed by atoms with van der Waals surface area (Å²) in [5.74, 6) is 1.34. The number of piperazine rings is 1. The number of hydrogen-bond donors (Lipinski definition) is 0. The topological polar surface area (TPSA) is 67.8 Å². The third kappa shape index (κ3) is 4.56. The number of aromatic nitrogens is 2. The van der Waals surface area contributed by atoms with Crippen LogP contribution in [0.15, 0.2) is 12.3 Å². The van der Waals surface area contributed by atoms with Crippen molar-refractivity contribution in [1.82, 2.24) is 14.9 Å². The lowest BCUT2D eigenvalue weighted by Crippen LogP contribution is -2.49. The smallest absolute Gasteiger partial charge is 0.228 e. The number of anilines is 1. The molecule has 7 nitrogen and oxygen atoms in total. The van der Waals surface area contributed by atoms with Crippen LogP contribution in [0.5, 0.6) is 5.88 Å². The molecule has 122 valence electrons. The number of methoxy groups -OCH3 is 1. The van der Waals surface area contributed by atoms with E-state index in [2.05, 4.69) is 14.9 Å². The highest BCUT2D eigenvalue weighted by atomic mass is 16.5. The van der Waals surface area contributed by atoms with Crippen molar-refractivity contribution in [3.05, 3.63) is 12.3 Å². The molecule has 1 aromatic heterocycles. The zero-order chi connectivity index (χ0) is 15.9. The van der Waals surface area contributed by atoms with Gasteiger partial charge < -0.3 is 19.3 Å². The van der Waals surface area contributed by atoms with Gasteiger partial charge in [-0.1, -0.05) is 0 Å². The highest BCUT2D eigenvalue weighted by Crippen LogP contribution is 2.14. The van der Waals surface area contributed by atoms with Crippen molar-refractivity contribution in [2.75, 3.05) is 44.8 Å². The lowest BCUT2D eigenvalue weighted by Gasteiger charge is -2.34. The number of rotatable bonds is 6. The summed E-state index contributed by atoms with van der Waals surface area (Å²) >= 11 is 0. The Morgan fingerprint density at radius 2 is 2.05 bits per heavy atom. The largest absolute Gasteiger partial charge is 0.481 e.